The Labute approximate surface area is 174 Å². The molecule has 0 bridgehead atoms. The number of pyridine rings is 2. The standard InChI is InChI=1S/C20H21N3O2.Na/c1-12-3-2-4-14(9-12)22-19-16-7-8-21-11-17(16)15-6-5-13(20(24)25)10-18(15)23-19;/h5-8,10-12,14H,2-4,9H2,1H3,(H,22,23)(H,24,25);/q;+1/p-1/t12-,14+;/m0./s1. The first-order chi connectivity index (χ1) is 12.1. The molecule has 2 atom stereocenters. The number of nitrogens with one attached hydrogen (secondary N) is 1. The summed E-state index contributed by atoms with van der Waals surface area (Å²) in [4.78, 5) is 20.2. The minimum Gasteiger partial charge on any atom is -0.545 e. The van der Waals surface area contributed by atoms with Crippen LogP contribution in [0, 0.1) is 5.92 Å². The number of hydrogen-bond acceptors (Lipinski definition) is 5. The second kappa shape index (κ2) is 7.91. The van der Waals surface area contributed by atoms with Gasteiger partial charge < -0.3 is 15.2 Å². The van der Waals surface area contributed by atoms with Crippen LogP contribution in [0.3, 0.4) is 0 Å². The number of carboxylic acid groups (broad SMARTS) is 1. The molecule has 5 nitrogen and oxygen atoms in total. The molecule has 1 aliphatic rings. The average Bonchev–Trinajstić information content (AvgIpc) is 2.61. The number of rotatable bonds is 3. The van der Waals surface area contributed by atoms with Gasteiger partial charge in [-0.3, -0.25) is 4.98 Å². The molecule has 4 rings (SSSR count). The van der Waals surface area contributed by atoms with Crippen LogP contribution < -0.4 is 40.0 Å². The molecule has 6 heteroatoms. The summed E-state index contributed by atoms with van der Waals surface area (Å²) in [5.74, 6) is 0.328. The third-order valence-corrected chi connectivity index (χ3v) is 5.11. The number of nitrogens with zero attached hydrogens (tertiary/aromatic N) is 2. The number of aromatic carboxylic acids is 1. The van der Waals surface area contributed by atoms with Gasteiger partial charge in [-0.05, 0) is 36.5 Å². The molecule has 2 aromatic heterocycles. The first-order valence-corrected chi connectivity index (χ1v) is 8.77. The van der Waals surface area contributed by atoms with E-state index in [0.717, 1.165) is 34.8 Å². The van der Waals surface area contributed by atoms with Gasteiger partial charge in [0, 0.05) is 34.6 Å². The minimum absolute atomic E-state index is 0. The Bertz CT molecular complexity index is 960. The Balaban J connectivity index is 0.00000196. The summed E-state index contributed by atoms with van der Waals surface area (Å²) in [7, 11) is 0. The number of anilines is 1. The maximum atomic E-state index is 11.2. The molecule has 1 aromatic carbocycles. The van der Waals surface area contributed by atoms with E-state index in [1.54, 1.807) is 24.4 Å². The third-order valence-electron chi connectivity index (χ3n) is 5.11. The van der Waals surface area contributed by atoms with E-state index in [1.165, 1.54) is 12.8 Å². The van der Waals surface area contributed by atoms with Gasteiger partial charge in [-0.2, -0.15) is 0 Å². The van der Waals surface area contributed by atoms with E-state index in [-0.39, 0.29) is 35.1 Å². The predicted molar refractivity (Wildman–Crippen MR) is 96.4 cm³/mol. The molecule has 26 heavy (non-hydrogen) atoms. The SMILES string of the molecule is C[C@H]1CCC[C@@H](Nc2nc3cc(C(=O)[O-])ccc3c3cnccc23)C1.[Na+]. The molecule has 0 spiro atoms. The minimum atomic E-state index is -1.19. The summed E-state index contributed by atoms with van der Waals surface area (Å²) >= 11 is 0. The van der Waals surface area contributed by atoms with E-state index in [1.807, 2.05) is 12.3 Å². The van der Waals surface area contributed by atoms with Crippen molar-refractivity contribution < 1.29 is 39.5 Å². The van der Waals surface area contributed by atoms with Crippen LogP contribution in [0.25, 0.3) is 21.7 Å². The molecule has 0 saturated heterocycles. The van der Waals surface area contributed by atoms with Crippen molar-refractivity contribution in [1.82, 2.24) is 9.97 Å². The maximum Gasteiger partial charge on any atom is 1.00 e. The number of carbonyl (C=O) groups is 1. The fraction of sp³-hybridized carbons (Fsp3) is 0.350. The summed E-state index contributed by atoms with van der Waals surface area (Å²) in [5, 5.41) is 17.7. The van der Waals surface area contributed by atoms with Crippen LogP contribution in [-0.4, -0.2) is 22.0 Å². The van der Waals surface area contributed by atoms with E-state index < -0.39 is 5.97 Å². The molecular weight excluding hydrogens is 337 g/mol. The number of aromatic nitrogens is 2. The Morgan fingerprint density at radius 2 is 2.04 bits per heavy atom. The normalized spacial score (nSPS) is 19.9. The Kier molecular flexibility index (Phi) is 5.80. The molecule has 0 amide bonds. The maximum absolute atomic E-state index is 11.2. The van der Waals surface area contributed by atoms with Crippen molar-refractivity contribution in [2.75, 3.05) is 5.32 Å². The van der Waals surface area contributed by atoms with Crippen LogP contribution in [0.2, 0.25) is 0 Å². The molecule has 1 fully saturated rings. The number of fused-ring (bicyclic) bond motifs is 3. The zero-order chi connectivity index (χ0) is 17.4. The first kappa shape index (κ1) is 19.1. The van der Waals surface area contributed by atoms with Crippen molar-refractivity contribution in [3.8, 4) is 0 Å². The Morgan fingerprint density at radius 1 is 1.19 bits per heavy atom. The molecule has 2 heterocycles. The van der Waals surface area contributed by atoms with E-state index in [2.05, 4.69) is 17.2 Å². The molecule has 128 valence electrons. The smallest absolute Gasteiger partial charge is 0.545 e. The van der Waals surface area contributed by atoms with Crippen LogP contribution >= 0.6 is 0 Å². The molecule has 0 aliphatic heterocycles. The van der Waals surface area contributed by atoms with Crippen molar-refractivity contribution in [1.29, 1.82) is 0 Å². The average molecular weight is 357 g/mol. The monoisotopic (exact) mass is 357 g/mol. The largest absolute Gasteiger partial charge is 1.00 e. The summed E-state index contributed by atoms with van der Waals surface area (Å²) in [5.41, 5.74) is 0.786. The molecule has 1 aliphatic carbocycles. The van der Waals surface area contributed by atoms with E-state index in [0.29, 0.717) is 17.5 Å². The van der Waals surface area contributed by atoms with E-state index in [9.17, 15) is 9.90 Å². The fourth-order valence-electron chi connectivity index (χ4n) is 3.84. The summed E-state index contributed by atoms with van der Waals surface area (Å²) in [6.07, 6.45) is 8.34. The topological polar surface area (TPSA) is 77.9 Å². The Morgan fingerprint density at radius 3 is 2.81 bits per heavy atom. The van der Waals surface area contributed by atoms with Gasteiger partial charge in [-0.1, -0.05) is 31.9 Å². The molecular formula is C20H20N3NaO2. The second-order valence-corrected chi connectivity index (χ2v) is 7.01. The molecule has 0 unspecified atom stereocenters. The van der Waals surface area contributed by atoms with Gasteiger partial charge in [0.2, 0.25) is 0 Å². The fourth-order valence-corrected chi connectivity index (χ4v) is 3.84. The predicted octanol–water partition coefficient (Wildman–Crippen LogP) is 0.141. The summed E-state index contributed by atoms with van der Waals surface area (Å²) in [6.45, 7) is 2.29. The van der Waals surface area contributed by atoms with Crippen LogP contribution in [0.15, 0.2) is 36.7 Å². The molecule has 3 aromatic rings. The third kappa shape index (κ3) is 3.70. The Hall–Kier alpha value is -1.69. The van der Waals surface area contributed by atoms with Crippen molar-refractivity contribution in [2.24, 2.45) is 5.92 Å². The van der Waals surface area contributed by atoms with Gasteiger partial charge in [-0.15, -0.1) is 0 Å². The van der Waals surface area contributed by atoms with Gasteiger partial charge in [0.1, 0.15) is 5.82 Å². The number of carboxylic acids is 1. The molecule has 1 N–H and O–H groups in total. The summed E-state index contributed by atoms with van der Waals surface area (Å²) < 4.78 is 0. The van der Waals surface area contributed by atoms with Crippen molar-refractivity contribution in [3.05, 3.63) is 42.2 Å². The second-order valence-electron chi connectivity index (χ2n) is 7.01. The molecule has 0 radical (unpaired) electrons. The van der Waals surface area contributed by atoms with Crippen molar-refractivity contribution in [2.45, 2.75) is 38.6 Å². The van der Waals surface area contributed by atoms with Crippen molar-refractivity contribution >= 4 is 33.5 Å². The zero-order valence-corrected chi connectivity index (χ0v) is 17.2. The van der Waals surface area contributed by atoms with Gasteiger partial charge in [-0.25, -0.2) is 4.98 Å². The van der Waals surface area contributed by atoms with Crippen LogP contribution in [0.5, 0.6) is 0 Å². The van der Waals surface area contributed by atoms with Crippen LogP contribution in [0.4, 0.5) is 5.82 Å². The number of benzene rings is 1. The van der Waals surface area contributed by atoms with Gasteiger partial charge >= 0.3 is 29.6 Å². The molecule has 1 saturated carbocycles. The van der Waals surface area contributed by atoms with E-state index in [4.69, 9.17) is 4.98 Å². The quantitative estimate of drug-likeness (QED) is 0.533. The van der Waals surface area contributed by atoms with Gasteiger partial charge in [0.25, 0.3) is 0 Å². The zero-order valence-electron chi connectivity index (χ0n) is 15.2. The number of hydrogen-bond donors (Lipinski definition) is 1. The first-order valence-electron chi connectivity index (χ1n) is 8.77. The van der Waals surface area contributed by atoms with Gasteiger partial charge in [0.05, 0.1) is 11.5 Å². The van der Waals surface area contributed by atoms with Crippen LogP contribution in [0.1, 0.15) is 43.0 Å². The number of carbonyl (C=O) groups excluding carboxylic acids is 1. The van der Waals surface area contributed by atoms with E-state index >= 15 is 0 Å². The van der Waals surface area contributed by atoms with Crippen molar-refractivity contribution in [3.63, 3.8) is 0 Å². The summed E-state index contributed by atoms with van der Waals surface area (Å²) in [6, 6.07) is 7.27. The van der Waals surface area contributed by atoms with Crippen LogP contribution in [-0.2, 0) is 0 Å². The van der Waals surface area contributed by atoms with Gasteiger partial charge in [0.15, 0.2) is 0 Å².